The van der Waals surface area contributed by atoms with Gasteiger partial charge in [-0.05, 0) is 12.5 Å². The Morgan fingerprint density at radius 3 is 2.17 bits per heavy atom. The maximum Gasteiger partial charge on any atom is 0.342 e. The minimum atomic E-state index is -1.80. The molecule has 2 rings (SSSR count). The van der Waals surface area contributed by atoms with E-state index in [2.05, 4.69) is 0 Å². The van der Waals surface area contributed by atoms with Crippen molar-refractivity contribution in [2.24, 2.45) is 0 Å². The van der Waals surface area contributed by atoms with Crippen LogP contribution in [0.25, 0.3) is 11.1 Å². The predicted octanol–water partition coefficient (Wildman–Crippen LogP) is 1.61. The number of H-pyrrole nitrogens is 1. The number of pyridine rings is 1. The summed E-state index contributed by atoms with van der Waals surface area (Å²) in [4.78, 5) is 36.3. The number of carboxylic acid groups (broad SMARTS) is 2. The lowest BCUT2D eigenvalue weighted by atomic mass is 9.94. The zero-order valence-electron chi connectivity index (χ0n) is 11.6. The zero-order chi connectivity index (χ0) is 17.5. The second-order valence-electron chi connectivity index (χ2n) is 4.66. The molecule has 0 aliphatic rings. The fraction of sp³-hybridized carbons (Fsp3) is 0.0714. The van der Waals surface area contributed by atoms with Gasteiger partial charge in [0.15, 0.2) is 11.6 Å². The highest BCUT2D eigenvalue weighted by Crippen LogP contribution is 2.32. The molecule has 1 aromatic carbocycles. The predicted molar refractivity (Wildman–Crippen MR) is 75.5 cm³/mol. The maximum atomic E-state index is 14.2. The van der Waals surface area contributed by atoms with Gasteiger partial charge in [-0.2, -0.15) is 0 Å². The molecule has 0 atom stereocenters. The van der Waals surface area contributed by atoms with Crippen LogP contribution in [0.5, 0.6) is 0 Å². The average molecular weight is 324 g/mol. The molecule has 5 N–H and O–H groups in total. The summed E-state index contributed by atoms with van der Waals surface area (Å²) in [5.41, 5.74) is 0.763. The highest BCUT2D eigenvalue weighted by Gasteiger charge is 2.29. The molecule has 0 bridgehead atoms. The summed E-state index contributed by atoms with van der Waals surface area (Å²) in [5, 5.41) is 18.4. The lowest BCUT2D eigenvalue weighted by molar-refractivity contribution is 0.0695. The molecule has 23 heavy (non-hydrogen) atoms. The van der Waals surface area contributed by atoms with Gasteiger partial charge in [0.25, 0.3) is 5.56 Å². The number of rotatable bonds is 3. The first kappa shape index (κ1) is 16.1. The van der Waals surface area contributed by atoms with Crippen LogP contribution in [0.2, 0.25) is 0 Å². The molecule has 1 heterocycles. The summed E-state index contributed by atoms with van der Waals surface area (Å²) >= 11 is 0. The van der Waals surface area contributed by atoms with Crippen molar-refractivity contribution in [3.05, 3.63) is 50.8 Å². The van der Waals surface area contributed by atoms with Crippen LogP contribution in [0.15, 0.2) is 16.9 Å². The van der Waals surface area contributed by atoms with Crippen molar-refractivity contribution in [2.75, 3.05) is 5.73 Å². The van der Waals surface area contributed by atoms with E-state index in [1.54, 1.807) is 0 Å². The number of nitrogen functional groups attached to an aromatic ring is 1. The van der Waals surface area contributed by atoms with E-state index < -0.39 is 57.2 Å². The average Bonchev–Trinajstić information content (AvgIpc) is 2.43. The Morgan fingerprint density at radius 1 is 1.09 bits per heavy atom. The number of hydrogen-bond acceptors (Lipinski definition) is 4. The number of aromatic nitrogens is 1. The third-order valence-corrected chi connectivity index (χ3v) is 3.22. The van der Waals surface area contributed by atoms with Crippen LogP contribution >= 0.6 is 0 Å². The van der Waals surface area contributed by atoms with E-state index in [1.165, 1.54) is 6.92 Å². The number of aromatic amines is 1. The molecule has 9 heteroatoms. The van der Waals surface area contributed by atoms with Crippen molar-refractivity contribution >= 4 is 17.8 Å². The number of anilines is 1. The van der Waals surface area contributed by atoms with Crippen LogP contribution in [-0.2, 0) is 0 Å². The van der Waals surface area contributed by atoms with Gasteiger partial charge in [0.2, 0.25) is 0 Å². The minimum absolute atomic E-state index is 0.0715. The molecule has 0 amide bonds. The minimum Gasteiger partial charge on any atom is -0.478 e. The Labute approximate surface area is 127 Å². The topological polar surface area (TPSA) is 133 Å². The Kier molecular flexibility index (Phi) is 3.87. The van der Waals surface area contributed by atoms with Gasteiger partial charge in [-0.1, -0.05) is 12.1 Å². The fourth-order valence-electron chi connectivity index (χ4n) is 2.16. The van der Waals surface area contributed by atoms with Gasteiger partial charge in [0.05, 0.1) is 0 Å². The number of aromatic carboxylic acids is 2. The highest BCUT2D eigenvalue weighted by atomic mass is 19.2. The van der Waals surface area contributed by atoms with E-state index in [-0.39, 0.29) is 5.56 Å². The van der Waals surface area contributed by atoms with E-state index >= 15 is 0 Å². The molecule has 120 valence electrons. The molecule has 7 nitrogen and oxygen atoms in total. The molecule has 0 aliphatic heterocycles. The summed E-state index contributed by atoms with van der Waals surface area (Å²) in [6.45, 7) is 1.27. The first-order valence-electron chi connectivity index (χ1n) is 6.14. The standard InChI is InChI=1S/C14H10F2N2O5/c1-4-2-3-5(10(16)9(4)15)6-7(13(20)21)11(17)18-12(19)8(6)14(22)23/h2-3H,1H3,(H,20,21)(H,22,23)(H3,17,18,19). The summed E-state index contributed by atoms with van der Waals surface area (Å²) in [7, 11) is 0. The Hall–Kier alpha value is -3.23. The Balaban J connectivity index is 3.07. The van der Waals surface area contributed by atoms with Crippen LogP contribution in [-0.4, -0.2) is 27.1 Å². The first-order chi connectivity index (χ1) is 10.7. The Bertz CT molecular complexity index is 905. The SMILES string of the molecule is Cc1ccc(-c2c(C(=O)O)c(N)[nH]c(=O)c2C(=O)O)c(F)c1F. The molecule has 0 fully saturated rings. The molecule has 0 saturated carbocycles. The van der Waals surface area contributed by atoms with Crippen LogP contribution in [0.1, 0.15) is 26.3 Å². The van der Waals surface area contributed by atoms with Crippen molar-refractivity contribution in [1.29, 1.82) is 0 Å². The van der Waals surface area contributed by atoms with Crippen LogP contribution in [0, 0.1) is 18.6 Å². The Morgan fingerprint density at radius 2 is 1.65 bits per heavy atom. The van der Waals surface area contributed by atoms with Crippen LogP contribution < -0.4 is 11.3 Å². The molecule has 0 radical (unpaired) electrons. The number of benzene rings is 1. The lowest BCUT2D eigenvalue weighted by Gasteiger charge is -2.13. The van der Waals surface area contributed by atoms with E-state index in [0.29, 0.717) is 0 Å². The number of hydrogen-bond donors (Lipinski definition) is 4. The molecular weight excluding hydrogens is 314 g/mol. The van der Waals surface area contributed by atoms with E-state index in [1.807, 2.05) is 4.98 Å². The smallest absolute Gasteiger partial charge is 0.342 e. The summed E-state index contributed by atoms with van der Waals surface area (Å²) < 4.78 is 27.9. The van der Waals surface area contributed by atoms with Crippen molar-refractivity contribution in [3.63, 3.8) is 0 Å². The molecule has 1 aromatic heterocycles. The highest BCUT2D eigenvalue weighted by molar-refractivity contribution is 6.07. The second-order valence-corrected chi connectivity index (χ2v) is 4.66. The lowest BCUT2D eigenvalue weighted by Crippen LogP contribution is -2.24. The number of nitrogens with one attached hydrogen (secondary N) is 1. The summed E-state index contributed by atoms with van der Waals surface area (Å²) in [5.74, 6) is -6.92. The van der Waals surface area contributed by atoms with Crippen LogP contribution in [0.3, 0.4) is 0 Å². The van der Waals surface area contributed by atoms with Gasteiger partial charge < -0.3 is 20.9 Å². The summed E-state index contributed by atoms with van der Waals surface area (Å²) in [6.07, 6.45) is 0. The van der Waals surface area contributed by atoms with Crippen molar-refractivity contribution in [3.8, 4) is 11.1 Å². The van der Waals surface area contributed by atoms with Gasteiger partial charge in [-0.15, -0.1) is 0 Å². The number of aryl methyl sites for hydroxylation is 1. The zero-order valence-corrected chi connectivity index (χ0v) is 11.6. The van der Waals surface area contributed by atoms with E-state index in [0.717, 1.165) is 12.1 Å². The molecule has 0 saturated heterocycles. The van der Waals surface area contributed by atoms with Crippen LogP contribution in [0.4, 0.5) is 14.6 Å². The van der Waals surface area contributed by atoms with Gasteiger partial charge in [-0.25, -0.2) is 18.4 Å². The second kappa shape index (κ2) is 5.52. The van der Waals surface area contributed by atoms with Crippen molar-refractivity contribution in [2.45, 2.75) is 6.92 Å². The number of carboxylic acids is 2. The third kappa shape index (κ3) is 2.52. The molecular formula is C14H10F2N2O5. The van der Waals surface area contributed by atoms with Gasteiger partial charge >= 0.3 is 11.9 Å². The van der Waals surface area contributed by atoms with Crippen molar-refractivity contribution < 1.29 is 28.6 Å². The summed E-state index contributed by atoms with van der Waals surface area (Å²) in [6, 6.07) is 2.11. The largest absolute Gasteiger partial charge is 0.478 e. The van der Waals surface area contributed by atoms with Gasteiger partial charge in [0, 0.05) is 11.1 Å². The quantitative estimate of drug-likeness (QED) is 0.678. The normalized spacial score (nSPS) is 10.6. The van der Waals surface area contributed by atoms with Gasteiger partial charge in [0.1, 0.15) is 16.9 Å². The van der Waals surface area contributed by atoms with E-state index in [4.69, 9.17) is 10.8 Å². The number of carbonyl (C=O) groups is 2. The monoisotopic (exact) mass is 324 g/mol. The third-order valence-electron chi connectivity index (χ3n) is 3.22. The number of halogens is 2. The fourth-order valence-corrected chi connectivity index (χ4v) is 2.16. The van der Waals surface area contributed by atoms with Crippen molar-refractivity contribution in [1.82, 2.24) is 4.98 Å². The number of nitrogens with two attached hydrogens (primary N) is 1. The van der Waals surface area contributed by atoms with E-state index in [9.17, 15) is 28.3 Å². The molecule has 0 unspecified atom stereocenters. The van der Waals surface area contributed by atoms with Gasteiger partial charge in [-0.3, -0.25) is 4.79 Å². The molecule has 0 aliphatic carbocycles. The maximum absolute atomic E-state index is 14.2. The molecule has 2 aromatic rings. The first-order valence-corrected chi connectivity index (χ1v) is 6.14. The molecule has 0 spiro atoms.